The largest absolute Gasteiger partial charge is 0.396 e. The molecule has 1 aromatic heterocycles. The van der Waals surface area contributed by atoms with E-state index < -0.39 is 0 Å². The van der Waals surface area contributed by atoms with Crippen molar-refractivity contribution in [2.75, 3.05) is 5.73 Å². The SMILES string of the molecule is Cc1ccc(-c2c(N)cnn2C)cc1Br. The number of anilines is 1. The van der Waals surface area contributed by atoms with Crippen LogP contribution in [0.25, 0.3) is 11.3 Å². The molecule has 0 fully saturated rings. The normalized spacial score (nSPS) is 10.6. The number of aromatic nitrogens is 2. The fraction of sp³-hybridized carbons (Fsp3) is 0.182. The highest BCUT2D eigenvalue weighted by atomic mass is 79.9. The van der Waals surface area contributed by atoms with Crippen LogP contribution in [0.3, 0.4) is 0 Å². The first-order valence-corrected chi connectivity index (χ1v) is 5.43. The molecular weight excluding hydrogens is 254 g/mol. The lowest BCUT2D eigenvalue weighted by Gasteiger charge is -2.06. The molecule has 0 aliphatic carbocycles. The minimum atomic E-state index is 0.702. The molecule has 0 spiro atoms. The minimum absolute atomic E-state index is 0.702. The zero-order valence-electron chi connectivity index (χ0n) is 8.66. The van der Waals surface area contributed by atoms with Gasteiger partial charge in [0.15, 0.2) is 0 Å². The number of aryl methyl sites for hydroxylation is 2. The minimum Gasteiger partial charge on any atom is -0.396 e. The molecule has 0 unspecified atom stereocenters. The van der Waals surface area contributed by atoms with Crippen LogP contribution < -0.4 is 5.73 Å². The van der Waals surface area contributed by atoms with E-state index in [-0.39, 0.29) is 0 Å². The Balaban J connectivity index is 2.59. The summed E-state index contributed by atoms with van der Waals surface area (Å²) in [6.07, 6.45) is 1.67. The van der Waals surface area contributed by atoms with E-state index in [1.807, 2.05) is 13.1 Å². The van der Waals surface area contributed by atoms with Gasteiger partial charge in [-0.15, -0.1) is 0 Å². The van der Waals surface area contributed by atoms with Crippen molar-refractivity contribution in [3.05, 3.63) is 34.4 Å². The molecule has 0 saturated carbocycles. The second-order valence-electron chi connectivity index (χ2n) is 3.54. The summed E-state index contributed by atoms with van der Waals surface area (Å²) in [5.41, 5.74) is 9.80. The van der Waals surface area contributed by atoms with Gasteiger partial charge in [-0.1, -0.05) is 28.1 Å². The average molecular weight is 266 g/mol. The zero-order valence-corrected chi connectivity index (χ0v) is 10.2. The Bertz CT molecular complexity index is 483. The van der Waals surface area contributed by atoms with Gasteiger partial charge in [-0.05, 0) is 18.6 Å². The number of hydrogen-bond donors (Lipinski definition) is 1. The summed E-state index contributed by atoms with van der Waals surface area (Å²) in [6, 6.07) is 6.17. The van der Waals surface area contributed by atoms with Crippen molar-refractivity contribution in [3.63, 3.8) is 0 Å². The van der Waals surface area contributed by atoms with Gasteiger partial charge in [-0.2, -0.15) is 5.10 Å². The predicted octanol–water partition coefficient (Wildman–Crippen LogP) is 2.74. The molecule has 0 aliphatic rings. The first-order valence-electron chi connectivity index (χ1n) is 4.63. The third kappa shape index (κ3) is 1.77. The molecular formula is C11H12BrN3. The van der Waals surface area contributed by atoms with Crippen LogP contribution in [-0.2, 0) is 7.05 Å². The van der Waals surface area contributed by atoms with Crippen LogP contribution in [0, 0.1) is 6.92 Å². The molecule has 0 saturated heterocycles. The van der Waals surface area contributed by atoms with E-state index >= 15 is 0 Å². The van der Waals surface area contributed by atoms with Crippen molar-refractivity contribution < 1.29 is 0 Å². The molecule has 0 radical (unpaired) electrons. The molecule has 0 aliphatic heterocycles. The summed E-state index contributed by atoms with van der Waals surface area (Å²) in [5, 5.41) is 4.12. The van der Waals surface area contributed by atoms with Crippen LogP contribution >= 0.6 is 15.9 Å². The molecule has 4 heteroatoms. The van der Waals surface area contributed by atoms with Gasteiger partial charge in [0.2, 0.25) is 0 Å². The summed E-state index contributed by atoms with van der Waals surface area (Å²) in [4.78, 5) is 0. The Hall–Kier alpha value is -1.29. The molecule has 0 amide bonds. The van der Waals surface area contributed by atoms with Crippen molar-refractivity contribution in [1.29, 1.82) is 0 Å². The van der Waals surface area contributed by atoms with Gasteiger partial charge < -0.3 is 5.73 Å². The smallest absolute Gasteiger partial charge is 0.0909 e. The van der Waals surface area contributed by atoms with Crippen LogP contribution in [0.5, 0.6) is 0 Å². The number of halogens is 1. The third-order valence-corrected chi connectivity index (χ3v) is 3.27. The average Bonchev–Trinajstić information content (AvgIpc) is 2.52. The molecule has 2 rings (SSSR count). The van der Waals surface area contributed by atoms with Crippen molar-refractivity contribution >= 4 is 21.6 Å². The van der Waals surface area contributed by atoms with Crippen LogP contribution in [0.1, 0.15) is 5.56 Å². The lowest BCUT2D eigenvalue weighted by atomic mass is 10.1. The Morgan fingerprint density at radius 1 is 1.40 bits per heavy atom. The fourth-order valence-electron chi connectivity index (χ4n) is 1.55. The number of hydrogen-bond acceptors (Lipinski definition) is 2. The second kappa shape index (κ2) is 3.70. The summed E-state index contributed by atoms with van der Waals surface area (Å²) >= 11 is 3.51. The van der Waals surface area contributed by atoms with Crippen LogP contribution in [0.4, 0.5) is 5.69 Å². The number of rotatable bonds is 1. The standard InChI is InChI=1S/C11H12BrN3/c1-7-3-4-8(5-9(7)12)11-10(13)6-14-15(11)2/h3-6H,13H2,1-2H3. The van der Waals surface area contributed by atoms with Crippen LogP contribution in [-0.4, -0.2) is 9.78 Å². The molecule has 1 aromatic carbocycles. The molecule has 1 heterocycles. The van der Waals surface area contributed by atoms with E-state index in [9.17, 15) is 0 Å². The van der Waals surface area contributed by atoms with Gasteiger partial charge in [0.25, 0.3) is 0 Å². The van der Waals surface area contributed by atoms with Gasteiger partial charge in [0.05, 0.1) is 17.6 Å². The Labute approximate surface area is 97.0 Å². The summed E-state index contributed by atoms with van der Waals surface area (Å²) in [5.74, 6) is 0. The van der Waals surface area contributed by atoms with Gasteiger partial charge in [0.1, 0.15) is 0 Å². The van der Waals surface area contributed by atoms with Crippen LogP contribution in [0.15, 0.2) is 28.9 Å². The van der Waals surface area contributed by atoms with E-state index in [2.05, 4.69) is 40.1 Å². The number of benzene rings is 1. The molecule has 2 N–H and O–H groups in total. The molecule has 78 valence electrons. The lowest BCUT2D eigenvalue weighted by Crippen LogP contribution is -1.96. The topological polar surface area (TPSA) is 43.8 Å². The molecule has 2 aromatic rings. The van der Waals surface area contributed by atoms with Gasteiger partial charge in [0, 0.05) is 17.1 Å². The maximum absolute atomic E-state index is 5.86. The van der Waals surface area contributed by atoms with Crippen molar-refractivity contribution in [2.24, 2.45) is 7.05 Å². The maximum atomic E-state index is 5.86. The lowest BCUT2D eigenvalue weighted by molar-refractivity contribution is 0.776. The molecule has 3 nitrogen and oxygen atoms in total. The van der Waals surface area contributed by atoms with E-state index in [4.69, 9.17) is 5.73 Å². The van der Waals surface area contributed by atoms with E-state index in [0.717, 1.165) is 15.7 Å². The monoisotopic (exact) mass is 265 g/mol. The number of nitrogens with zero attached hydrogens (tertiary/aromatic N) is 2. The summed E-state index contributed by atoms with van der Waals surface area (Å²) in [6.45, 7) is 2.06. The van der Waals surface area contributed by atoms with E-state index in [1.165, 1.54) is 5.56 Å². The highest BCUT2D eigenvalue weighted by Gasteiger charge is 2.08. The first kappa shape index (κ1) is 10.2. The Morgan fingerprint density at radius 3 is 2.67 bits per heavy atom. The molecule has 15 heavy (non-hydrogen) atoms. The number of nitrogen functional groups attached to an aromatic ring is 1. The van der Waals surface area contributed by atoms with Gasteiger partial charge in [-0.3, -0.25) is 4.68 Å². The third-order valence-electron chi connectivity index (χ3n) is 2.41. The quantitative estimate of drug-likeness (QED) is 0.862. The highest BCUT2D eigenvalue weighted by molar-refractivity contribution is 9.10. The van der Waals surface area contributed by atoms with Crippen molar-refractivity contribution in [3.8, 4) is 11.3 Å². The van der Waals surface area contributed by atoms with Crippen LogP contribution in [0.2, 0.25) is 0 Å². The predicted molar refractivity (Wildman–Crippen MR) is 65.5 cm³/mol. The summed E-state index contributed by atoms with van der Waals surface area (Å²) < 4.78 is 2.87. The van der Waals surface area contributed by atoms with E-state index in [0.29, 0.717) is 5.69 Å². The zero-order chi connectivity index (χ0) is 11.0. The molecule has 0 atom stereocenters. The highest BCUT2D eigenvalue weighted by Crippen LogP contribution is 2.28. The van der Waals surface area contributed by atoms with E-state index in [1.54, 1.807) is 10.9 Å². The summed E-state index contributed by atoms with van der Waals surface area (Å²) in [7, 11) is 1.89. The van der Waals surface area contributed by atoms with Gasteiger partial charge >= 0.3 is 0 Å². The maximum Gasteiger partial charge on any atom is 0.0909 e. The van der Waals surface area contributed by atoms with Crippen molar-refractivity contribution in [2.45, 2.75) is 6.92 Å². The second-order valence-corrected chi connectivity index (χ2v) is 4.39. The Morgan fingerprint density at radius 2 is 2.13 bits per heavy atom. The Kier molecular flexibility index (Phi) is 2.52. The number of nitrogens with two attached hydrogens (primary N) is 1. The first-order chi connectivity index (χ1) is 7.09. The van der Waals surface area contributed by atoms with Gasteiger partial charge in [-0.25, -0.2) is 0 Å². The fourth-order valence-corrected chi connectivity index (χ4v) is 1.93. The van der Waals surface area contributed by atoms with Crippen molar-refractivity contribution in [1.82, 2.24) is 9.78 Å². The molecule has 0 bridgehead atoms.